The number of nitrogen functional groups attached to an aromatic ring is 1. The maximum atomic E-state index is 12.2. The van der Waals surface area contributed by atoms with Gasteiger partial charge >= 0.3 is 0 Å². The fraction of sp³-hybridized carbons (Fsp3) is 0.143. The Morgan fingerprint density at radius 2 is 2.30 bits per heavy atom. The van der Waals surface area contributed by atoms with Crippen molar-refractivity contribution in [1.29, 1.82) is 0 Å². The van der Waals surface area contributed by atoms with Crippen LogP contribution in [0.4, 0.5) is 5.69 Å². The van der Waals surface area contributed by atoms with Crippen LogP contribution in [-0.4, -0.2) is 20.7 Å². The Bertz CT molecular complexity index is 771. The van der Waals surface area contributed by atoms with Gasteiger partial charge in [0.1, 0.15) is 0 Å². The fourth-order valence-corrected chi connectivity index (χ4v) is 2.15. The molecule has 0 spiro atoms. The summed E-state index contributed by atoms with van der Waals surface area (Å²) in [5, 5.41) is 7.89. The van der Waals surface area contributed by atoms with Crippen LogP contribution < -0.4 is 11.1 Å². The van der Waals surface area contributed by atoms with E-state index in [0.717, 1.165) is 16.6 Å². The standard InChI is InChI=1S/C14H15N5O/c1-19-5-4-10(18-19)7-17-14(20)12-8-16-13-3-2-9(15)6-11(12)13/h2-6,8,16H,7,15H2,1H3,(H,17,20). The topological polar surface area (TPSA) is 88.7 Å². The number of rotatable bonds is 3. The van der Waals surface area contributed by atoms with Crippen molar-refractivity contribution >= 4 is 22.5 Å². The molecule has 0 saturated carbocycles. The number of hydrogen-bond donors (Lipinski definition) is 3. The van der Waals surface area contributed by atoms with Crippen LogP contribution >= 0.6 is 0 Å². The number of nitrogens with zero attached hydrogens (tertiary/aromatic N) is 2. The number of benzene rings is 1. The molecule has 6 heteroatoms. The molecule has 102 valence electrons. The average molecular weight is 269 g/mol. The van der Waals surface area contributed by atoms with Crippen molar-refractivity contribution in [2.45, 2.75) is 6.54 Å². The van der Waals surface area contributed by atoms with Crippen LogP contribution in [0.5, 0.6) is 0 Å². The number of amides is 1. The molecule has 0 bridgehead atoms. The van der Waals surface area contributed by atoms with E-state index >= 15 is 0 Å². The molecule has 0 unspecified atom stereocenters. The lowest BCUT2D eigenvalue weighted by molar-refractivity contribution is 0.0952. The van der Waals surface area contributed by atoms with E-state index in [4.69, 9.17) is 5.73 Å². The normalized spacial score (nSPS) is 10.8. The van der Waals surface area contributed by atoms with E-state index in [2.05, 4.69) is 15.4 Å². The second-order valence-corrected chi connectivity index (χ2v) is 4.67. The number of aromatic amines is 1. The maximum Gasteiger partial charge on any atom is 0.253 e. The van der Waals surface area contributed by atoms with Gasteiger partial charge in [-0.1, -0.05) is 0 Å². The van der Waals surface area contributed by atoms with E-state index in [1.807, 2.05) is 25.4 Å². The summed E-state index contributed by atoms with van der Waals surface area (Å²) >= 11 is 0. The smallest absolute Gasteiger partial charge is 0.253 e. The first-order valence-electron chi connectivity index (χ1n) is 6.27. The van der Waals surface area contributed by atoms with Crippen LogP contribution in [-0.2, 0) is 13.6 Å². The molecule has 0 aliphatic carbocycles. The van der Waals surface area contributed by atoms with E-state index in [1.54, 1.807) is 23.0 Å². The Morgan fingerprint density at radius 1 is 1.45 bits per heavy atom. The molecule has 2 aromatic heterocycles. The van der Waals surface area contributed by atoms with Crippen molar-refractivity contribution in [1.82, 2.24) is 20.1 Å². The average Bonchev–Trinajstić information content (AvgIpc) is 3.02. The number of carbonyl (C=O) groups excluding carboxylic acids is 1. The monoisotopic (exact) mass is 269 g/mol. The molecule has 2 heterocycles. The van der Waals surface area contributed by atoms with Crippen LogP contribution in [0.2, 0.25) is 0 Å². The third kappa shape index (κ3) is 2.23. The van der Waals surface area contributed by atoms with Crippen molar-refractivity contribution in [3.8, 4) is 0 Å². The Balaban J connectivity index is 1.80. The highest BCUT2D eigenvalue weighted by Crippen LogP contribution is 2.20. The number of fused-ring (bicyclic) bond motifs is 1. The van der Waals surface area contributed by atoms with Crippen molar-refractivity contribution < 1.29 is 4.79 Å². The summed E-state index contributed by atoms with van der Waals surface area (Å²) < 4.78 is 1.70. The summed E-state index contributed by atoms with van der Waals surface area (Å²) in [5.74, 6) is -0.146. The lowest BCUT2D eigenvalue weighted by Gasteiger charge is -2.02. The number of anilines is 1. The maximum absolute atomic E-state index is 12.2. The minimum atomic E-state index is -0.146. The first kappa shape index (κ1) is 12.3. The van der Waals surface area contributed by atoms with Crippen LogP contribution in [0.25, 0.3) is 10.9 Å². The zero-order chi connectivity index (χ0) is 14.1. The minimum absolute atomic E-state index is 0.146. The Morgan fingerprint density at radius 3 is 3.05 bits per heavy atom. The lowest BCUT2D eigenvalue weighted by atomic mass is 10.1. The van der Waals surface area contributed by atoms with Gasteiger partial charge in [-0.25, -0.2) is 0 Å². The van der Waals surface area contributed by atoms with E-state index in [0.29, 0.717) is 17.8 Å². The number of aromatic nitrogens is 3. The minimum Gasteiger partial charge on any atom is -0.399 e. The highest BCUT2D eigenvalue weighted by molar-refractivity contribution is 6.07. The van der Waals surface area contributed by atoms with Crippen molar-refractivity contribution in [3.63, 3.8) is 0 Å². The Hall–Kier alpha value is -2.76. The molecule has 0 aliphatic rings. The number of hydrogen-bond acceptors (Lipinski definition) is 3. The first-order chi connectivity index (χ1) is 9.63. The van der Waals surface area contributed by atoms with Gasteiger partial charge in [0, 0.05) is 36.0 Å². The summed E-state index contributed by atoms with van der Waals surface area (Å²) in [6.07, 6.45) is 3.53. The van der Waals surface area contributed by atoms with Gasteiger partial charge in [0.2, 0.25) is 0 Å². The van der Waals surface area contributed by atoms with Crippen LogP contribution in [0.15, 0.2) is 36.7 Å². The zero-order valence-electron chi connectivity index (χ0n) is 11.1. The second kappa shape index (κ2) is 4.73. The van der Waals surface area contributed by atoms with Crippen LogP contribution in [0, 0.1) is 0 Å². The Kier molecular flexibility index (Phi) is 2.90. The second-order valence-electron chi connectivity index (χ2n) is 4.67. The third-order valence-corrected chi connectivity index (χ3v) is 3.15. The molecule has 0 radical (unpaired) electrons. The largest absolute Gasteiger partial charge is 0.399 e. The van der Waals surface area contributed by atoms with Gasteiger partial charge in [0.05, 0.1) is 17.8 Å². The number of aryl methyl sites for hydroxylation is 1. The molecule has 3 aromatic rings. The van der Waals surface area contributed by atoms with E-state index in [9.17, 15) is 4.79 Å². The van der Waals surface area contributed by atoms with Gasteiger partial charge in [0.25, 0.3) is 5.91 Å². The molecule has 0 fully saturated rings. The molecular weight excluding hydrogens is 254 g/mol. The summed E-state index contributed by atoms with van der Waals surface area (Å²) in [6, 6.07) is 7.32. The first-order valence-corrected chi connectivity index (χ1v) is 6.27. The summed E-state index contributed by atoms with van der Waals surface area (Å²) in [4.78, 5) is 15.3. The van der Waals surface area contributed by atoms with Crippen molar-refractivity contribution in [2.24, 2.45) is 7.05 Å². The zero-order valence-corrected chi connectivity index (χ0v) is 11.1. The molecule has 0 saturated heterocycles. The molecule has 1 aromatic carbocycles. The van der Waals surface area contributed by atoms with Gasteiger partial charge in [-0.3, -0.25) is 9.48 Å². The summed E-state index contributed by atoms with van der Waals surface area (Å²) in [5.41, 5.74) is 8.69. The molecule has 4 N–H and O–H groups in total. The highest BCUT2D eigenvalue weighted by atomic mass is 16.1. The van der Waals surface area contributed by atoms with Crippen molar-refractivity contribution in [3.05, 3.63) is 47.9 Å². The van der Waals surface area contributed by atoms with Crippen molar-refractivity contribution in [2.75, 3.05) is 5.73 Å². The van der Waals surface area contributed by atoms with Gasteiger partial charge in [0.15, 0.2) is 0 Å². The molecule has 0 atom stereocenters. The van der Waals surface area contributed by atoms with Crippen LogP contribution in [0.3, 0.4) is 0 Å². The summed E-state index contributed by atoms with van der Waals surface area (Å²) in [7, 11) is 1.84. The number of H-pyrrole nitrogens is 1. The number of carbonyl (C=O) groups is 1. The predicted octanol–water partition coefficient (Wildman–Crippen LogP) is 1.41. The molecule has 1 amide bonds. The van der Waals surface area contributed by atoms with Gasteiger partial charge in [-0.2, -0.15) is 5.10 Å². The van der Waals surface area contributed by atoms with E-state index in [1.165, 1.54) is 0 Å². The Labute approximate surface area is 115 Å². The van der Waals surface area contributed by atoms with Crippen LogP contribution in [0.1, 0.15) is 16.1 Å². The number of nitrogens with one attached hydrogen (secondary N) is 2. The SMILES string of the molecule is Cn1ccc(CNC(=O)c2c[nH]c3ccc(N)cc23)n1. The fourth-order valence-electron chi connectivity index (χ4n) is 2.15. The van der Waals surface area contributed by atoms with E-state index in [-0.39, 0.29) is 5.91 Å². The summed E-state index contributed by atoms with van der Waals surface area (Å²) in [6.45, 7) is 0.397. The lowest BCUT2D eigenvalue weighted by Crippen LogP contribution is -2.22. The molecular formula is C14H15N5O. The van der Waals surface area contributed by atoms with Gasteiger partial charge < -0.3 is 16.0 Å². The molecule has 6 nitrogen and oxygen atoms in total. The number of nitrogens with two attached hydrogens (primary N) is 1. The molecule has 0 aliphatic heterocycles. The van der Waals surface area contributed by atoms with E-state index < -0.39 is 0 Å². The van der Waals surface area contributed by atoms with Gasteiger partial charge in [-0.15, -0.1) is 0 Å². The third-order valence-electron chi connectivity index (χ3n) is 3.15. The quantitative estimate of drug-likeness (QED) is 0.628. The highest BCUT2D eigenvalue weighted by Gasteiger charge is 2.12. The van der Waals surface area contributed by atoms with Gasteiger partial charge in [-0.05, 0) is 24.3 Å². The molecule has 3 rings (SSSR count). The predicted molar refractivity (Wildman–Crippen MR) is 77.1 cm³/mol. The molecule has 20 heavy (non-hydrogen) atoms.